The molecule has 0 aliphatic carbocycles. The summed E-state index contributed by atoms with van der Waals surface area (Å²) in [6, 6.07) is 9.22. The van der Waals surface area contributed by atoms with Crippen molar-refractivity contribution in [2.45, 2.75) is 13.3 Å². The number of rotatable bonds is 6. The van der Waals surface area contributed by atoms with Crippen molar-refractivity contribution in [3.05, 3.63) is 42.2 Å². The first kappa shape index (κ1) is 16.8. The van der Waals surface area contributed by atoms with Gasteiger partial charge in [0.15, 0.2) is 17.1 Å². The number of para-hydroxylation sites is 2. The molecule has 0 aliphatic heterocycles. The average molecular weight is 340 g/mol. The molecular weight excluding hydrogens is 320 g/mol. The zero-order valence-corrected chi connectivity index (χ0v) is 14.4. The number of methoxy groups -OCH3 is 1. The largest absolute Gasteiger partial charge is 0.493 e. The Labute approximate surface area is 145 Å². The summed E-state index contributed by atoms with van der Waals surface area (Å²) in [5, 5.41) is 8.08. The quantitative estimate of drug-likeness (QED) is 0.746. The molecule has 1 amide bonds. The van der Waals surface area contributed by atoms with Gasteiger partial charge in [0, 0.05) is 12.4 Å². The van der Waals surface area contributed by atoms with E-state index in [9.17, 15) is 4.79 Å². The van der Waals surface area contributed by atoms with Gasteiger partial charge in [-0.15, -0.1) is 0 Å². The van der Waals surface area contributed by atoms with Crippen molar-refractivity contribution in [2.24, 2.45) is 7.05 Å². The molecule has 0 unspecified atom stereocenters. The molecule has 1 N–H and O–H groups in total. The number of nitrogens with zero attached hydrogens (tertiary/aromatic N) is 3. The summed E-state index contributed by atoms with van der Waals surface area (Å²) in [5.41, 5.74) is 2.31. The van der Waals surface area contributed by atoms with Gasteiger partial charge in [0.05, 0.1) is 37.7 Å². The van der Waals surface area contributed by atoms with Crippen LogP contribution in [0.1, 0.15) is 12.1 Å². The molecule has 0 saturated heterocycles. The van der Waals surface area contributed by atoms with Gasteiger partial charge in [-0.3, -0.25) is 9.48 Å². The summed E-state index contributed by atoms with van der Waals surface area (Å²) in [7, 11) is 3.42. The van der Waals surface area contributed by atoms with Crippen LogP contribution in [0.25, 0.3) is 11.0 Å². The van der Waals surface area contributed by atoms with Crippen LogP contribution in [0.2, 0.25) is 0 Å². The first-order chi connectivity index (χ1) is 12.1. The summed E-state index contributed by atoms with van der Waals surface area (Å²) in [4.78, 5) is 16.5. The summed E-state index contributed by atoms with van der Waals surface area (Å²) in [6.45, 7) is 2.17. The summed E-state index contributed by atoms with van der Waals surface area (Å²) in [5.74, 6) is 1.12. The van der Waals surface area contributed by atoms with E-state index in [1.807, 2.05) is 38.2 Å². The van der Waals surface area contributed by atoms with Crippen LogP contribution in [0.5, 0.6) is 11.5 Å². The maximum absolute atomic E-state index is 12.1. The standard InChI is InChI=1S/C18H20N4O3/c1-12-14-10-13(11-19-18(14)22(2)21-12)20-17(23)8-9-25-16-7-5-4-6-15(16)24-3/h4-7,10-11H,8-9H2,1-3H3,(H,20,23). The highest BCUT2D eigenvalue weighted by molar-refractivity contribution is 5.93. The number of ether oxygens (including phenoxy) is 2. The second kappa shape index (κ2) is 7.21. The minimum Gasteiger partial charge on any atom is -0.493 e. The van der Waals surface area contributed by atoms with Crippen LogP contribution in [0.4, 0.5) is 5.69 Å². The Morgan fingerprint density at radius 2 is 2.04 bits per heavy atom. The molecule has 7 heteroatoms. The van der Waals surface area contributed by atoms with E-state index < -0.39 is 0 Å². The number of hydrogen-bond donors (Lipinski definition) is 1. The lowest BCUT2D eigenvalue weighted by molar-refractivity contribution is -0.116. The lowest BCUT2D eigenvalue weighted by atomic mass is 10.2. The van der Waals surface area contributed by atoms with E-state index in [4.69, 9.17) is 9.47 Å². The van der Waals surface area contributed by atoms with E-state index >= 15 is 0 Å². The van der Waals surface area contributed by atoms with Crippen molar-refractivity contribution in [3.63, 3.8) is 0 Å². The lowest BCUT2D eigenvalue weighted by Crippen LogP contribution is -2.15. The number of nitrogens with one attached hydrogen (secondary N) is 1. The van der Waals surface area contributed by atoms with Crippen molar-refractivity contribution in [3.8, 4) is 11.5 Å². The average Bonchev–Trinajstić information content (AvgIpc) is 2.89. The summed E-state index contributed by atoms with van der Waals surface area (Å²) in [6.07, 6.45) is 1.85. The second-order valence-electron chi connectivity index (χ2n) is 5.60. The highest BCUT2D eigenvalue weighted by atomic mass is 16.5. The fraction of sp³-hybridized carbons (Fsp3) is 0.278. The monoisotopic (exact) mass is 340 g/mol. The zero-order chi connectivity index (χ0) is 17.8. The lowest BCUT2D eigenvalue weighted by Gasteiger charge is -2.10. The molecule has 130 valence electrons. The topological polar surface area (TPSA) is 78.3 Å². The van der Waals surface area contributed by atoms with Gasteiger partial charge < -0.3 is 14.8 Å². The molecule has 0 spiro atoms. The van der Waals surface area contributed by atoms with Crippen LogP contribution in [0, 0.1) is 6.92 Å². The Morgan fingerprint density at radius 3 is 2.80 bits per heavy atom. The Morgan fingerprint density at radius 1 is 1.28 bits per heavy atom. The number of aryl methyl sites for hydroxylation is 2. The SMILES string of the molecule is COc1ccccc1OCCC(=O)Nc1cnc2c(c1)c(C)nn2C. The van der Waals surface area contributed by atoms with Crippen molar-refractivity contribution in [1.29, 1.82) is 0 Å². The van der Waals surface area contributed by atoms with Gasteiger partial charge in [0.2, 0.25) is 5.91 Å². The van der Waals surface area contributed by atoms with Crippen molar-refractivity contribution in [2.75, 3.05) is 19.0 Å². The van der Waals surface area contributed by atoms with E-state index in [-0.39, 0.29) is 18.9 Å². The number of carbonyl (C=O) groups is 1. The number of amides is 1. The van der Waals surface area contributed by atoms with Crippen LogP contribution in [-0.2, 0) is 11.8 Å². The van der Waals surface area contributed by atoms with Crippen molar-refractivity contribution < 1.29 is 14.3 Å². The number of carbonyl (C=O) groups excluding carboxylic acids is 1. The minimum absolute atomic E-state index is 0.141. The van der Waals surface area contributed by atoms with Gasteiger partial charge in [-0.2, -0.15) is 5.10 Å². The van der Waals surface area contributed by atoms with E-state index in [1.165, 1.54) is 0 Å². The van der Waals surface area contributed by atoms with Gasteiger partial charge >= 0.3 is 0 Å². The minimum atomic E-state index is -0.141. The Balaban J connectivity index is 1.58. The second-order valence-corrected chi connectivity index (χ2v) is 5.60. The zero-order valence-electron chi connectivity index (χ0n) is 14.4. The highest BCUT2D eigenvalue weighted by Gasteiger charge is 2.10. The predicted octanol–water partition coefficient (Wildman–Crippen LogP) is 2.69. The van der Waals surface area contributed by atoms with Crippen LogP contribution < -0.4 is 14.8 Å². The normalized spacial score (nSPS) is 10.7. The van der Waals surface area contributed by atoms with E-state index in [0.29, 0.717) is 17.2 Å². The van der Waals surface area contributed by atoms with E-state index in [0.717, 1.165) is 16.7 Å². The first-order valence-electron chi connectivity index (χ1n) is 7.93. The molecule has 1 aromatic carbocycles. The molecule has 25 heavy (non-hydrogen) atoms. The van der Waals surface area contributed by atoms with Crippen LogP contribution in [0.3, 0.4) is 0 Å². The summed E-state index contributed by atoms with van der Waals surface area (Å²) >= 11 is 0. The van der Waals surface area contributed by atoms with Gasteiger partial charge in [-0.25, -0.2) is 4.98 Å². The Kier molecular flexibility index (Phi) is 4.83. The number of hydrogen-bond acceptors (Lipinski definition) is 5. The number of aromatic nitrogens is 3. The summed E-state index contributed by atoms with van der Waals surface area (Å²) < 4.78 is 12.5. The Hall–Kier alpha value is -3.09. The number of fused-ring (bicyclic) bond motifs is 1. The molecule has 0 radical (unpaired) electrons. The molecular formula is C18H20N4O3. The number of anilines is 1. The predicted molar refractivity (Wildman–Crippen MR) is 95.0 cm³/mol. The molecule has 2 aromatic heterocycles. The maximum atomic E-state index is 12.1. The van der Waals surface area contributed by atoms with Gasteiger partial charge in [0.1, 0.15) is 0 Å². The Bertz CT molecular complexity index is 904. The third-order valence-electron chi connectivity index (χ3n) is 3.80. The van der Waals surface area contributed by atoms with E-state index in [1.54, 1.807) is 24.1 Å². The van der Waals surface area contributed by atoms with E-state index in [2.05, 4.69) is 15.4 Å². The molecule has 3 aromatic rings. The van der Waals surface area contributed by atoms with Gasteiger partial charge in [0.25, 0.3) is 0 Å². The van der Waals surface area contributed by atoms with Crippen LogP contribution in [-0.4, -0.2) is 34.4 Å². The molecule has 0 atom stereocenters. The van der Waals surface area contributed by atoms with Crippen LogP contribution >= 0.6 is 0 Å². The molecule has 2 heterocycles. The highest BCUT2D eigenvalue weighted by Crippen LogP contribution is 2.25. The fourth-order valence-electron chi connectivity index (χ4n) is 2.59. The third kappa shape index (κ3) is 3.71. The van der Waals surface area contributed by atoms with Gasteiger partial charge in [-0.1, -0.05) is 12.1 Å². The molecule has 0 bridgehead atoms. The van der Waals surface area contributed by atoms with Crippen LogP contribution in [0.15, 0.2) is 36.5 Å². The molecule has 3 rings (SSSR count). The molecule has 0 fully saturated rings. The van der Waals surface area contributed by atoms with Gasteiger partial charge in [-0.05, 0) is 25.1 Å². The first-order valence-corrected chi connectivity index (χ1v) is 7.93. The molecule has 0 aliphatic rings. The molecule has 7 nitrogen and oxygen atoms in total. The maximum Gasteiger partial charge on any atom is 0.227 e. The van der Waals surface area contributed by atoms with Crippen molar-refractivity contribution >= 4 is 22.6 Å². The third-order valence-corrected chi connectivity index (χ3v) is 3.80. The number of benzene rings is 1. The fourth-order valence-corrected chi connectivity index (χ4v) is 2.59. The van der Waals surface area contributed by atoms with Crippen molar-refractivity contribution in [1.82, 2.24) is 14.8 Å². The number of pyridine rings is 1. The smallest absolute Gasteiger partial charge is 0.227 e. The molecule has 0 saturated carbocycles.